The van der Waals surface area contributed by atoms with Gasteiger partial charge in [0, 0.05) is 31.6 Å². The molecule has 3 rings (SSSR count). The molecule has 112 valence electrons. The van der Waals surface area contributed by atoms with Gasteiger partial charge in [-0.3, -0.25) is 4.79 Å². The molecule has 0 atom stereocenters. The molecular formula is C15H18N2O4. The number of carbonyl (C=O) groups is 1. The lowest BCUT2D eigenvalue weighted by atomic mass is 10.2. The lowest BCUT2D eigenvalue weighted by molar-refractivity contribution is 0.0757. The van der Waals surface area contributed by atoms with Crippen molar-refractivity contribution in [2.24, 2.45) is 0 Å². The summed E-state index contributed by atoms with van der Waals surface area (Å²) >= 11 is 0. The Morgan fingerprint density at radius 3 is 2.52 bits per heavy atom. The third kappa shape index (κ3) is 2.67. The molecule has 0 unspecified atom stereocenters. The molecule has 21 heavy (non-hydrogen) atoms. The number of hydrogen-bond acceptors (Lipinski definition) is 5. The van der Waals surface area contributed by atoms with E-state index in [9.17, 15) is 4.79 Å². The lowest BCUT2D eigenvalue weighted by Gasteiger charge is -2.18. The molecule has 0 saturated carbocycles. The number of amides is 1. The number of furan rings is 1. The largest absolute Gasteiger partial charge is 0.454 e. The van der Waals surface area contributed by atoms with E-state index in [0.29, 0.717) is 29.4 Å². The molecule has 0 bridgehead atoms. The number of fused-ring (bicyclic) bond motifs is 2. The fourth-order valence-electron chi connectivity index (χ4n) is 2.17. The monoisotopic (exact) mass is 290 g/mol. The van der Waals surface area contributed by atoms with Crippen LogP contribution in [0.5, 0.6) is 11.5 Å². The summed E-state index contributed by atoms with van der Waals surface area (Å²) in [6.45, 7) is 1.67. The van der Waals surface area contributed by atoms with E-state index in [2.05, 4.69) is 0 Å². The first kappa shape index (κ1) is 13.8. The number of rotatable bonds is 4. The molecule has 1 amide bonds. The molecule has 2 aromatic rings. The van der Waals surface area contributed by atoms with Crippen LogP contribution < -0.4 is 9.47 Å². The van der Waals surface area contributed by atoms with E-state index in [1.165, 1.54) is 0 Å². The van der Waals surface area contributed by atoms with Gasteiger partial charge in [-0.25, -0.2) is 0 Å². The van der Waals surface area contributed by atoms with E-state index in [1.807, 2.05) is 25.1 Å². The second kappa shape index (κ2) is 5.29. The summed E-state index contributed by atoms with van der Waals surface area (Å²) in [5.74, 6) is 1.53. The molecule has 0 aliphatic carbocycles. The highest BCUT2D eigenvalue weighted by atomic mass is 16.7. The quantitative estimate of drug-likeness (QED) is 0.859. The van der Waals surface area contributed by atoms with Crippen LogP contribution in [0.4, 0.5) is 0 Å². The maximum absolute atomic E-state index is 12.3. The van der Waals surface area contributed by atoms with E-state index in [4.69, 9.17) is 13.9 Å². The van der Waals surface area contributed by atoms with Crippen LogP contribution in [0.15, 0.2) is 22.6 Å². The van der Waals surface area contributed by atoms with E-state index in [0.717, 1.165) is 11.9 Å². The second-order valence-electron chi connectivity index (χ2n) is 5.38. The predicted octanol–water partition coefficient (Wildman–Crippen LogP) is 1.80. The number of likely N-dealkylation sites (N-methyl/N-ethyl adjacent to an activating group) is 2. The standard InChI is InChI=1S/C15H18N2O4/c1-16(2)4-5-17(3)15(18)14-7-10-6-12-13(20-9-19-12)8-11(10)21-14/h6-8H,4-5,9H2,1-3H3. The van der Waals surface area contributed by atoms with Gasteiger partial charge in [-0.2, -0.15) is 0 Å². The normalized spacial score (nSPS) is 13.1. The SMILES string of the molecule is CN(C)CCN(C)C(=O)c1cc2cc3c(cc2o1)OCO3. The number of carbonyl (C=O) groups excluding carboxylic acids is 1. The van der Waals surface area contributed by atoms with Crippen molar-refractivity contribution >= 4 is 16.9 Å². The van der Waals surface area contributed by atoms with E-state index in [-0.39, 0.29) is 12.7 Å². The average Bonchev–Trinajstić information content (AvgIpc) is 3.06. The van der Waals surface area contributed by atoms with Crippen LogP contribution in [0.3, 0.4) is 0 Å². The van der Waals surface area contributed by atoms with Crippen molar-refractivity contribution in [2.45, 2.75) is 0 Å². The van der Waals surface area contributed by atoms with Crippen molar-refractivity contribution in [3.63, 3.8) is 0 Å². The number of nitrogens with zero attached hydrogens (tertiary/aromatic N) is 2. The fourth-order valence-corrected chi connectivity index (χ4v) is 2.17. The van der Waals surface area contributed by atoms with Gasteiger partial charge in [0.2, 0.25) is 6.79 Å². The van der Waals surface area contributed by atoms with E-state index >= 15 is 0 Å². The average molecular weight is 290 g/mol. The topological polar surface area (TPSA) is 55.2 Å². The van der Waals surface area contributed by atoms with Crippen LogP contribution in [0.1, 0.15) is 10.6 Å². The van der Waals surface area contributed by atoms with Crippen molar-refractivity contribution in [3.8, 4) is 11.5 Å². The van der Waals surface area contributed by atoms with Gasteiger partial charge in [-0.15, -0.1) is 0 Å². The first-order valence-corrected chi connectivity index (χ1v) is 6.78. The molecule has 2 heterocycles. The zero-order valence-electron chi connectivity index (χ0n) is 12.4. The molecule has 0 radical (unpaired) electrons. The molecule has 6 heteroatoms. The Bertz CT molecular complexity index is 637. The molecular weight excluding hydrogens is 272 g/mol. The highest BCUT2D eigenvalue weighted by Gasteiger charge is 2.20. The lowest BCUT2D eigenvalue weighted by Crippen LogP contribution is -2.33. The Morgan fingerprint density at radius 2 is 1.81 bits per heavy atom. The third-order valence-corrected chi connectivity index (χ3v) is 3.45. The zero-order valence-corrected chi connectivity index (χ0v) is 12.4. The van der Waals surface area contributed by atoms with E-state index in [1.54, 1.807) is 24.1 Å². The highest BCUT2D eigenvalue weighted by molar-refractivity contribution is 5.96. The molecule has 0 spiro atoms. The first-order valence-electron chi connectivity index (χ1n) is 6.78. The van der Waals surface area contributed by atoms with E-state index < -0.39 is 0 Å². The Balaban J connectivity index is 1.82. The maximum atomic E-state index is 12.3. The van der Waals surface area contributed by atoms with Gasteiger partial charge < -0.3 is 23.7 Å². The summed E-state index contributed by atoms with van der Waals surface area (Å²) in [7, 11) is 5.72. The van der Waals surface area contributed by atoms with Crippen molar-refractivity contribution in [2.75, 3.05) is 41.0 Å². The van der Waals surface area contributed by atoms with Crippen LogP contribution in [0.25, 0.3) is 11.0 Å². The van der Waals surface area contributed by atoms with Crippen LogP contribution >= 0.6 is 0 Å². The van der Waals surface area contributed by atoms with Crippen molar-refractivity contribution in [1.29, 1.82) is 0 Å². The van der Waals surface area contributed by atoms with Gasteiger partial charge in [0.05, 0.1) is 0 Å². The molecule has 1 aliphatic rings. The Kier molecular flexibility index (Phi) is 3.47. The van der Waals surface area contributed by atoms with Crippen molar-refractivity contribution < 1.29 is 18.7 Å². The van der Waals surface area contributed by atoms with Crippen LogP contribution in [0, 0.1) is 0 Å². The third-order valence-electron chi connectivity index (χ3n) is 3.45. The fraction of sp³-hybridized carbons (Fsp3) is 0.400. The number of benzene rings is 1. The minimum atomic E-state index is -0.130. The van der Waals surface area contributed by atoms with Gasteiger partial charge in [0.1, 0.15) is 5.58 Å². The number of ether oxygens (including phenoxy) is 2. The molecule has 0 N–H and O–H groups in total. The van der Waals surface area contributed by atoms with Gasteiger partial charge in [-0.05, 0) is 26.2 Å². The summed E-state index contributed by atoms with van der Waals surface area (Å²) in [5.41, 5.74) is 0.628. The highest BCUT2D eigenvalue weighted by Crippen LogP contribution is 2.37. The summed E-state index contributed by atoms with van der Waals surface area (Å²) < 4.78 is 16.3. The molecule has 1 aromatic heterocycles. The number of hydrogen-bond donors (Lipinski definition) is 0. The molecule has 0 fully saturated rings. The Morgan fingerprint density at radius 1 is 1.10 bits per heavy atom. The first-order chi connectivity index (χ1) is 10.0. The van der Waals surface area contributed by atoms with Gasteiger partial charge >= 0.3 is 0 Å². The Hall–Kier alpha value is -2.21. The predicted molar refractivity (Wildman–Crippen MR) is 77.9 cm³/mol. The molecule has 1 aromatic carbocycles. The zero-order chi connectivity index (χ0) is 15.0. The molecule has 6 nitrogen and oxygen atoms in total. The molecule has 0 saturated heterocycles. The van der Waals surface area contributed by atoms with Crippen molar-refractivity contribution in [1.82, 2.24) is 9.80 Å². The van der Waals surface area contributed by atoms with Crippen LogP contribution in [-0.4, -0.2) is 56.7 Å². The minimum Gasteiger partial charge on any atom is -0.454 e. The van der Waals surface area contributed by atoms with Crippen LogP contribution in [0.2, 0.25) is 0 Å². The van der Waals surface area contributed by atoms with Crippen molar-refractivity contribution in [3.05, 3.63) is 24.0 Å². The second-order valence-corrected chi connectivity index (χ2v) is 5.38. The maximum Gasteiger partial charge on any atom is 0.289 e. The smallest absolute Gasteiger partial charge is 0.289 e. The molecule has 1 aliphatic heterocycles. The summed E-state index contributed by atoms with van der Waals surface area (Å²) in [6.07, 6.45) is 0. The Labute approximate surface area is 122 Å². The summed E-state index contributed by atoms with van der Waals surface area (Å²) in [6, 6.07) is 5.33. The summed E-state index contributed by atoms with van der Waals surface area (Å²) in [5, 5.41) is 0.837. The summed E-state index contributed by atoms with van der Waals surface area (Å²) in [4.78, 5) is 16.0. The van der Waals surface area contributed by atoms with Gasteiger partial charge in [-0.1, -0.05) is 0 Å². The van der Waals surface area contributed by atoms with Crippen LogP contribution in [-0.2, 0) is 0 Å². The van der Waals surface area contributed by atoms with Gasteiger partial charge in [0.15, 0.2) is 17.3 Å². The minimum absolute atomic E-state index is 0.130. The van der Waals surface area contributed by atoms with Gasteiger partial charge in [0.25, 0.3) is 5.91 Å².